The van der Waals surface area contributed by atoms with Crippen LogP contribution in [0.25, 0.3) is 0 Å². The highest BCUT2D eigenvalue weighted by Gasteiger charge is 2.61. The van der Waals surface area contributed by atoms with Crippen LogP contribution in [0.15, 0.2) is 10.7 Å². The van der Waals surface area contributed by atoms with Gasteiger partial charge in [0.1, 0.15) is 0 Å². The number of rotatable bonds is 6. The summed E-state index contributed by atoms with van der Waals surface area (Å²) in [6, 6.07) is 0. The summed E-state index contributed by atoms with van der Waals surface area (Å²) in [6.07, 6.45) is 8.20. The van der Waals surface area contributed by atoms with Crippen molar-refractivity contribution in [2.75, 3.05) is 7.05 Å². The molecule has 2 unspecified atom stereocenters. The quantitative estimate of drug-likeness (QED) is 0.395. The molecule has 6 rings (SSSR count). The van der Waals surface area contributed by atoms with Crippen LogP contribution in [0.1, 0.15) is 56.3 Å². The van der Waals surface area contributed by atoms with Gasteiger partial charge < -0.3 is 15.0 Å². The van der Waals surface area contributed by atoms with Crippen LogP contribution < -0.4 is 0 Å². The Hall–Kier alpha value is -1.94. The summed E-state index contributed by atoms with van der Waals surface area (Å²) >= 11 is 9.82. The number of nitro groups is 1. The highest BCUT2D eigenvalue weighted by atomic mass is 79.9. The zero-order chi connectivity index (χ0) is 23.7. The van der Waals surface area contributed by atoms with Crippen LogP contribution in [0.5, 0.6) is 0 Å². The van der Waals surface area contributed by atoms with Gasteiger partial charge in [0.25, 0.3) is 0 Å². The highest BCUT2D eigenvalue weighted by Crippen LogP contribution is 2.65. The van der Waals surface area contributed by atoms with Gasteiger partial charge in [-0.15, -0.1) is 0 Å². The number of carbonyl (C=O) groups excluding carboxylic acids is 1. The third-order valence-electron chi connectivity index (χ3n) is 8.15. The molecule has 2 atom stereocenters. The molecule has 33 heavy (non-hydrogen) atoms. The van der Waals surface area contributed by atoms with Crippen LogP contribution in [0.3, 0.4) is 0 Å². The van der Waals surface area contributed by atoms with Gasteiger partial charge in [-0.2, -0.15) is 9.78 Å². The van der Waals surface area contributed by atoms with Crippen LogP contribution in [0.4, 0.5) is 5.82 Å². The van der Waals surface area contributed by atoms with Crippen molar-refractivity contribution in [3.8, 4) is 0 Å². The van der Waals surface area contributed by atoms with E-state index in [1.165, 1.54) is 6.42 Å². The van der Waals surface area contributed by atoms with Gasteiger partial charge in [-0.1, -0.05) is 11.6 Å². The molecule has 0 radical (unpaired) electrons. The normalized spacial score (nSPS) is 30.1. The van der Waals surface area contributed by atoms with Gasteiger partial charge in [-0.3, -0.25) is 9.48 Å². The van der Waals surface area contributed by atoms with E-state index in [1.54, 1.807) is 15.8 Å². The first-order valence-electron chi connectivity index (χ1n) is 11.3. The molecule has 4 aliphatic carbocycles. The Morgan fingerprint density at radius 2 is 2.03 bits per heavy atom. The molecule has 1 amide bonds. The Bertz CT molecular complexity index is 1110. The highest BCUT2D eigenvalue weighted by molar-refractivity contribution is 9.10. The molecule has 0 aliphatic heterocycles. The zero-order valence-electron chi connectivity index (χ0n) is 19.1. The van der Waals surface area contributed by atoms with Crippen molar-refractivity contribution >= 4 is 39.3 Å². The maximum absolute atomic E-state index is 13.4. The third kappa shape index (κ3) is 3.69. The van der Waals surface area contributed by atoms with E-state index in [9.17, 15) is 14.9 Å². The predicted octanol–water partition coefficient (Wildman–Crippen LogP) is 4.59. The van der Waals surface area contributed by atoms with Crippen LogP contribution in [0, 0.1) is 34.3 Å². The number of aryl methyl sites for hydroxylation is 1. The molecule has 9 nitrogen and oxygen atoms in total. The van der Waals surface area contributed by atoms with E-state index < -0.39 is 4.92 Å². The van der Waals surface area contributed by atoms with E-state index in [1.807, 2.05) is 25.7 Å². The fourth-order valence-electron chi connectivity index (χ4n) is 7.29. The number of nitrogens with zero attached hydrogens (tertiary/aromatic N) is 6. The van der Waals surface area contributed by atoms with E-state index in [2.05, 4.69) is 26.1 Å². The average Bonchev–Trinajstić information content (AvgIpc) is 3.20. The van der Waals surface area contributed by atoms with Gasteiger partial charge in [0.15, 0.2) is 5.02 Å². The molecular weight excluding hydrogens is 512 g/mol. The number of hydrogen-bond donors (Lipinski definition) is 0. The summed E-state index contributed by atoms with van der Waals surface area (Å²) in [5.74, 6) is 0.881. The molecule has 0 spiro atoms. The average molecular weight is 540 g/mol. The molecule has 2 aromatic heterocycles. The summed E-state index contributed by atoms with van der Waals surface area (Å²) in [6.45, 7) is 2.31. The topological polar surface area (TPSA) is 99.1 Å². The minimum absolute atomic E-state index is 0.0984. The second-order valence-corrected chi connectivity index (χ2v) is 11.8. The minimum atomic E-state index is -0.503. The molecule has 4 bridgehead atoms. The lowest BCUT2D eigenvalue weighted by molar-refractivity contribution is -0.389. The smallest absolute Gasteiger partial charge is 0.358 e. The van der Waals surface area contributed by atoms with Crippen molar-refractivity contribution in [2.45, 2.75) is 64.0 Å². The van der Waals surface area contributed by atoms with Gasteiger partial charge in [0, 0.05) is 20.5 Å². The Balaban J connectivity index is 1.41. The maximum atomic E-state index is 13.4. The molecule has 178 valence electrons. The van der Waals surface area contributed by atoms with Gasteiger partial charge in [-0.25, -0.2) is 0 Å². The molecule has 2 aromatic rings. The minimum Gasteiger partial charge on any atom is -0.358 e. The molecule has 11 heteroatoms. The first-order valence-corrected chi connectivity index (χ1v) is 12.5. The Labute approximate surface area is 205 Å². The van der Waals surface area contributed by atoms with Crippen LogP contribution in [-0.4, -0.2) is 42.3 Å². The number of aromatic nitrogens is 4. The number of carbonyl (C=O) groups is 1. The Morgan fingerprint density at radius 1 is 1.36 bits per heavy atom. The lowest BCUT2D eigenvalue weighted by atomic mass is 9.46. The molecule has 4 saturated carbocycles. The second kappa shape index (κ2) is 7.80. The standard InChI is InChI=1S/C22H28BrClN6O3/c1-13-19(24)20(30(32)33)26-29(13)22-7-14-4-15(8-22)6-21(5-14,12-22)9-18(31)27(2)11-17-16(23)10-25-28(17)3/h10,14-15H,4-9,11-12H2,1-3H3. The fourth-order valence-corrected chi connectivity index (χ4v) is 7.95. The lowest BCUT2D eigenvalue weighted by Gasteiger charge is -2.61. The van der Waals surface area contributed by atoms with Gasteiger partial charge in [0.05, 0.1) is 39.2 Å². The molecule has 0 saturated heterocycles. The summed E-state index contributed by atoms with van der Waals surface area (Å²) in [5.41, 5.74) is 1.22. The fraction of sp³-hybridized carbons (Fsp3) is 0.682. The summed E-state index contributed by atoms with van der Waals surface area (Å²) in [4.78, 5) is 26.1. The molecule has 0 aromatic carbocycles. The van der Waals surface area contributed by atoms with E-state index >= 15 is 0 Å². The summed E-state index contributed by atoms with van der Waals surface area (Å²) < 4.78 is 4.52. The second-order valence-electron chi connectivity index (χ2n) is 10.6. The predicted molar refractivity (Wildman–Crippen MR) is 126 cm³/mol. The molecule has 4 fully saturated rings. The van der Waals surface area contributed by atoms with E-state index in [0.29, 0.717) is 30.5 Å². The van der Waals surface area contributed by atoms with Gasteiger partial charge in [0.2, 0.25) is 5.91 Å². The van der Waals surface area contributed by atoms with Crippen LogP contribution in [-0.2, 0) is 23.9 Å². The molecule has 2 heterocycles. The van der Waals surface area contributed by atoms with Crippen molar-refractivity contribution in [2.24, 2.45) is 24.3 Å². The van der Waals surface area contributed by atoms with Crippen molar-refractivity contribution in [1.29, 1.82) is 0 Å². The number of hydrogen-bond acceptors (Lipinski definition) is 5. The van der Waals surface area contributed by atoms with Crippen molar-refractivity contribution < 1.29 is 9.72 Å². The Morgan fingerprint density at radius 3 is 2.58 bits per heavy atom. The monoisotopic (exact) mass is 538 g/mol. The zero-order valence-corrected chi connectivity index (χ0v) is 21.4. The molecule has 0 N–H and O–H groups in total. The number of amides is 1. The van der Waals surface area contributed by atoms with E-state index in [-0.39, 0.29) is 27.7 Å². The SMILES string of the molecule is Cc1c(Cl)c([N+](=O)[O-])nn1C12CC3CC(CC(CC(=O)N(C)Cc4c(Br)cnn4C)(C3)C1)C2. The molecular formula is C22H28BrClN6O3. The van der Waals surface area contributed by atoms with Crippen LogP contribution >= 0.6 is 27.5 Å². The van der Waals surface area contributed by atoms with Crippen molar-refractivity contribution in [1.82, 2.24) is 24.5 Å². The Kier molecular flexibility index (Phi) is 5.39. The van der Waals surface area contributed by atoms with Gasteiger partial charge in [-0.05, 0) is 83.6 Å². The van der Waals surface area contributed by atoms with Crippen LogP contribution in [0.2, 0.25) is 5.02 Å². The van der Waals surface area contributed by atoms with Crippen molar-refractivity contribution in [3.05, 3.63) is 37.2 Å². The van der Waals surface area contributed by atoms with E-state index in [0.717, 1.165) is 42.3 Å². The first-order chi connectivity index (χ1) is 15.5. The van der Waals surface area contributed by atoms with Gasteiger partial charge >= 0.3 is 5.82 Å². The first kappa shape index (κ1) is 22.8. The third-order valence-corrected chi connectivity index (χ3v) is 9.25. The largest absolute Gasteiger partial charge is 0.408 e. The number of halogens is 2. The van der Waals surface area contributed by atoms with E-state index in [4.69, 9.17) is 11.6 Å². The summed E-state index contributed by atoms with van der Waals surface area (Å²) in [5, 5.41) is 20.2. The maximum Gasteiger partial charge on any atom is 0.408 e. The summed E-state index contributed by atoms with van der Waals surface area (Å²) in [7, 11) is 3.72. The molecule has 4 aliphatic rings. The lowest BCUT2D eigenvalue weighted by Crippen LogP contribution is -2.58. The van der Waals surface area contributed by atoms with Crippen molar-refractivity contribution in [3.63, 3.8) is 0 Å².